The third kappa shape index (κ3) is 3.09. The summed E-state index contributed by atoms with van der Waals surface area (Å²) in [5.41, 5.74) is 9.60. The van der Waals surface area contributed by atoms with Crippen LogP contribution in [-0.2, 0) is 6.42 Å². The molecular weight excluding hydrogens is 290 g/mol. The molecule has 3 rings (SSSR count). The Morgan fingerprint density at radius 2 is 1.46 bits per heavy atom. The van der Waals surface area contributed by atoms with E-state index in [1.165, 1.54) is 33.4 Å². The molecule has 0 atom stereocenters. The first-order valence-corrected chi connectivity index (χ1v) is 8.33. The Bertz CT molecular complexity index is 912. The standard InChI is InChI=1S/C23H21N/c1-4-19-14-21(22-11-5-16(2)13-17(22)3)10-12-23(19)20-8-6-18(15-24)7-9-20/h5-14H,4H2,1-3H3. The monoisotopic (exact) mass is 311 g/mol. The van der Waals surface area contributed by atoms with Gasteiger partial charge in [0.25, 0.3) is 0 Å². The minimum Gasteiger partial charge on any atom is -0.192 e. The van der Waals surface area contributed by atoms with Crippen molar-refractivity contribution in [2.45, 2.75) is 27.2 Å². The van der Waals surface area contributed by atoms with Crippen LogP contribution in [0.3, 0.4) is 0 Å². The lowest BCUT2D eigenvalue weighted by atomic mass is 9.91. The molecule has 0 aliphatic heterocycles. The lowest BCUT2D eigenvalue weighted by Crippen LogP contribution is -1.91. The van der Waals surface area contributed by atoms with Crippen molar-refractivity contribution in [3.63, 3.8) is 0 Å². The smallest absolute Gasteiger partial charge is 0.0991 e. The number of aryl methyl sites for hydroxylation is 3. The maximum Gasteiger partial charge on any atom is 0.0991 e. The van der Waals surface area contributed by atoms with Crippen molar-refractivity contribution < 1.29 is 0 Å². The number of hydrogen-bond acceptors (Lipinski definition) is 1. The van der Waals surface area contributed by atoms with Crippen molar-refractivity contribution in [2.24, 2.45) is 0 Å². The van der Waals surface area contributed by atoms with Crippen molar-refractivity contribution in [3.05, 3.63) is 82.9 Å². The van der Waals surface area contributed by atoms with E-state index in [1.54, 1.807) is 0 Å². The van der Waals surface area contributed by atoms with Crippen molar-refractivity contribution in [1.29, 1.82) is 5.26 Å². The molecule has 0 N–H and O–H groups in total. The number of rotatable bonds is 3. The van der Waals surface area contributed by atoms with Crippen LogP contribution in [0.1, 0.15) is 29.2 Å². The number of nitrogens with zero attached hydrogens (tertiary/aromatic N) is 1. The average Bonchev–Trinajstić information content (AvgIpc) is 2.61. The van der Waals surface area contributed by atoms with Gasteiger partial charge in [0.1, 0.15) is 0 Å². The first-order chi connectivity index (χ1) is 11.6. The van der Waals surface area contributed by atoms with Gasteiger partial charge in [-0.15, -0.1) is 0 Å². The lowest BCUT2D eigenvalue weighted by molar-refractivity contribution is 1.14. The molecule has 0 unspecified atom stereocenters. The highest BCUT2D eigenvalue weighted by molar-refractivity contribution is 5.75. The highest BCUT2D eigenvalue weighted by Crippen LogP contribution is 2.31. The third-order valence-corrected chi connectivity index (χ3v) is 4.50. The second-order valence-corrected chi connectivity index (χ2v) is 6.23. The molecule has 118 valence electrons. The molecule has 3 aromatic carbocycles. The molecule has 0 spiro atoms. The molecule has 0 saturated heterocycles. The van der Waals surface area contributed by atoms with E-state index in [4.69, 9.17) is 5.26 Å². The molecular formula is C23H21N. The molecule has 0 aromatic heterocycles. The molecule has 0 saturated carbocycles. The van der Waals surface area contributed by atoms with Crippen LogP contribution in [0, 0.1) is 25.2 Å². The fourth-order valence-electron chi connectivity index (χ4n) is 3.20. The number of benzene rings is 3. The Labute approximate surface area is 144 Å². The molecule has 1 nitrogen and oxygen atoms in total. The van der Waals surface area contributed by atoms with Gasteiger partial charge >= 0.3 is 0 Å². The van der Waals surface area contributed by atoms with E-state index in [0.717, 1.165) is 12.0 Å². The van der Waals surface area contributed by atoms with Crippen LogP contribution in [0.15, 0.2) is 60.7 Å². The summed E-state index contributed by atoms with van der Waals surface area (Å²) in [6, 6.07) is 23.3. The zero-order valence-corrected chi connectivity index (χ0v) is 14.4. The minimum atomic E-state index is 0.698. The van der Waals surface area contributed by atoms with Crippen molar-refractivity contribution >= 4 is 0 Å². The van der Waals surface area contributed by atoms with Crippen molar-refractivity contribution in [1.82, 2.24) is 0 Å². The van der Waals surface area contributed by atoms with Crippen LogP contribution < -0.4 is 0 Å². The molecule has 0 aliphatic carbocycles. The van der Waals surface area contributed by atoms with E-state index in [2.05, 4.69) is 63.2 Å². The van der Waals surface area contributed by atoms with Gasteiger partial charge < -0.3 is 0 Å². The maximum absolute atomic E-state index is 8.96. The van der Waals surface area contributed by atoms with Gasteiger partial charge in [-0.1, -0.05) is 61.0 Å². The average molecular weight is 311 g/mol. The van der Waals surface area contributed by atoms with Crippen LogP contribution in [0.5, 0.6) is 0 Å². The summed E-state index contributed by atoms with van der Waals surface area (Å²) in [5, 5.41) is 8.96. The Morgan fingerprint density at radius 3 is 2.08 bits per heavy atom. The zero-order valence-electron chi connectivity index (χ0n) is 14.4. The summed E-state index contributed by atoms with van der Waals surface area (Å²) < 4.78 is 0. The predicted molar refractivity (Wildman–Crippen MR) is 101 cm³/mol. The number of hydrogen-bond donors (Lipinski definition) is 0. The van der Waals surface area contributed by atoms with Crippen LogP contribution in [0.25, 0.3) is 22.3 Å². The largest absolute Gasteiger partial charge is 0.192 e. The van der Waals surface area contributed by atoms with Gasteiger partial charge in [-0.25, -0.2) is 0 Å². The molecule has 0 amide bonds. The van der Waals surface area contributed by atoms with Crippen LogP contribution in [0.4, 0.5) is 0 Å². The van der Waals surface area contributed by atoms with Gasteiger partial charge in [0.2, 0.25) is 0 Å². The molecule has 0 aliphatic rings. The second kappa shape index (κ2) is 6.72. The summed E-state index contributed by atoms with van der Waals surface area (Å²) in [7, 11) is 0. The van der Waals surface area contributed by atoms with E-state index in [9.17, 15) is 0 Å². The first-order valence-electron chi connectivity index (χ1n) is 8.33. The highest BCUT2D eigenvalue weighted by Gasteiger charge is 2.08. The molecule has 1 heteroatoms. The summed E-state index contributed by atoms with van der Waals surface area (Å²) >= 11 is 0. The summed E-state index contributed by atoms with van der Waals surface area (Å²) in [5.74, 6) is 0. The van der Waals surface area contributed by atoms with Gasteiger partial charge in [0.05, 0.1) is 11.6 Å². The molecule has 24 heavy (non-hydrogen) atoms. The van der Waals surface area contributed by atoms with Gasteiger partial charge in [0.15, 0.2) is 0 Å². The van der Waals surface area contributed by atoms with Crippen LogP contribution >= 0.6 is 0 Å². The van der Waals surface area contributed by atoms with Crippen molar-refractivity contribution in [3.8, 4) is 28.3 Å². The van der Waals surface area contributed by atoms with Crippen LogP contribution in [0.2, 0.25) is 0 Å². The molecule has 3 aromatic rings. The predicted octanol–water partition coefficient (Wildman–Crippen LogP) is 6.07. The van der Waals surface area contributed by atoms with Gasteiger partial charge in [-0.2, -0.15) is 5.26 Å². The number of nitriles is 1. The van der Waals surface area contributed by atoms with Gasteiger partial charge in [0, 0.05) is 0 Å². The van der Waals surface area contributed by atoms with E-state index in [0.29, 0.717) is 5.56 Å². The highest BCUT2D eigenvalue weighted by atomic mass is 14.2. The minimum absolute atomic E-state index is 0.698. The summed E-state index contributed by atoms with van der Waals surface area (Å²) in [6.07, 6.45) is 0.980. The molecule has 0 heterocycles. The summed E-state index contributed by atoms with van der Waals surface area (Å²) in [6.45, 7) is 6.49. The molecule has 0 radical (unpaired) electrons. The third-order valence-electron chi connectivity index (χ3n) is 4.50. The fourth-order valence-corrected chi connectivity index (χ4v) is 3.20. The Morgan fingerprint density at radius 1 is 0.792 bits per heavy atom. The van der Waals surface area contributed by atoms with Gasteiger partial charge in [-0.3, -0.25) is 0 Å². The van der Waals surface area contributed by atoms with Gasteiger partial charge in [-0.05, 0) is 65.8 Å². The lowest BCUT2D eigenvalue weighted by Gasteiger charge is -2.13. The Kier molecular flexibility index (Phi) is 4.49. The molecule has 0 fully saturated rings. The van der Waals surface area contributed by atoms with Crippen molar-refractivity contribution in [2.75, 3.05) is 0 Å². The van der Waals surface area contributed by atoms with E-state index < -0.39 is 0 Å². The van der Waals surface area contributed by atoms with E-state index in [1.807, 2.05) is 24.3 Å². The fraction of sp³-hybridized carbons (Fsp3) is 0.174. The Balaban J connectivity index is 2.06. The zero-order chi connectivity index (χ0) is 17.1. The SMILES string of the molecule is CCc1cc(-c2ccc(C)cc2C)ccc1-c1ccc(C#N)cc1. The quantitative estimate of drug-likeness (QED) is 0.575. The Hall–Kier alpha value is -2.85. The van der Waals surface area contributed by atoms with E-state index >= 15 is 0 Å². The second-order valence-electron chi connectivity index (χ2n) is 6.23. The molecule has 0 bridgehead atoms. The normalized spacial score (nSPS) is 10.4. The summed E-state index contributed by atoms with van der Waals surface area (Å²) in [4.78, 5) is 0. The van der Waals surface area contributed by atoms with E-state index in [-0.39, 0.29) is 0 Å². The van der Waals surface area contributed by atoms with Crippen LogP contribution in [-0.4, -0.2) is 0 Å². The maximum atomic E-state index is 8.96. The topological polar surface area (TPSA) is 23.8 Å². The first kappa shape index (κ1) is 16.0.